The van der Waals surface area contributed by atoms with E-state index in [1.807, 2.05) is 47.9 Å². The second-order valence-corrected chi connectivity index (χ2v) is 10.0. The molecule has 29 heavy (non-hydrogen) atoms. The summed E-state index contributed by atoms with van der Waals surface area (Å²) in [5.41, 5.74) is 1.74. The number of hydrogen-bond acceptors (Lipinski definition) is 6. The molecule has 3 aromatic rings. The molecule has 0 amide bonds. The van der Waals surface area contributed by atoms with Crippen molar-refractivity contribution in [3.8, 4) is 5.69 Å². The highest BCUT2D eigenvalue weighted by atomic mass is 32.2. The van der Waals surface area contributed by atoms with E-state index in [0.29, 0.717) is 5.25 Å². The second kappa shape index (κ2) is 9.15. The number of thioether (sulfide) groups is 1. The van der Waals surface area contributed by atoms with Gasteiger partial charge in [-0.3, -0.25) is 9.69 Å². The Bertz CT molecular complexity index is 978. The molecule has 0 spiro atoms. The average Bonchev–Trinajstić information content (AvgIpc) is 3.24. The van der Waals surface area contributed by atoms with Gasteiger partial charge in [0.1, 0.15) is 0 Å². The Labute approximate surface area is 180 Å². The lowest BCUT2D eigenvalue weighted by molar-refractivity contribution is 0.251. The first-order valence-corrected chi connectivity index (χ1v) is 11.7. The summed E-state index contributed by atoms with van der Waals surface area (Å²) in [5.74, 6) is 0. The van der Waals surface area contributed by atoms with Gasteiger partial charge in [-0.25, -0.2) is 0 Å². The first kappa shape index (κ1) is 20.2. The maximum atomic E-state index is 13.3. The van der Waals surface area contributed by atoms with Crippen LogP contribution in [0.5, 0.6) is 0 Å². The van der Waals surface area contributed by atoms with Crippen LogP contribution in [0.15, 0.2) is 63.7 Å². The maximum Gasteiger partial charge on any atom is 0.287 e. The van der Waals surface area contributed by atoms with Gasteiger partial charge in [-0.05, 0) is 23.6 Å². The van der Waals surface area contributed by atoms with Gasteiger partial charge in [0.2, 0.25) is 0 Å². The SMILES string of the molecule is CC(C)Sc1c(N2CCN(Cc3cccs3)CC2)cnn(-c2ccccc2)c1=O. The number of piperazine rings is 1. The van der Waals surface area contributed by atoms with Crippen molar-refractivity contribution in [2.45, 2.75) is 30.5 Å². The molecular formula is C22H26N4OS2. The molecule has 1 saturated heterocycles. The van der Waals surface area contributed by atoms with E-state index in [0.717, 1.165) is 49.0 Å². The lowest BCUT2D eigenvalue weighted by Gasteiger charge is -2.36. The van der Waals surface area contributed by atoms with E-state index < -0.39 is 0 Å². The molecule has 0 radical (unpaired) electrons. The van der Waals surface area contributed by atoms with Crippen LogP contribution in [-0.2, 0) is 6.54 Å². The molecule has 2 aromatic heterocycles. The minimum absolute atomic E-state index is 0.0339. The van der Waals surface area contributed by atoms with Gasteiger partial charge in [0.05, 0.1) is 22.5 Å². The molecule has 1 fully saturated rings. The molecule has 152 valence electrons. The summed E-state index contributed by atoms with van der Waals surface area (Å²) in [6.45, 7) is 9.06. The van der Waals surface area contributed by atoms with Crippen molar-refractivity contribution in [2.24, 2.45) is 0 Å². The van der Waals surface area contributed by atoms with Crippen LogP contribution in [-0.4, -0.2) is 46.1 Å². The summed E-state index contributed by atoms with van der Waals surface area (Å²) in [7, 11) is 0. The van der Waals surface area contributed by atoms with Gasteiger partial charge >= 0.3 is 0 Å². The summed E-state index contributed by atoms with van der Waals surface area (Å²) in [4.78, 5) is 20.3. The monoisotopic (exact) mass is 426 g/mol. The molecule has 0 bridgehead atoms. The molecule has 0 saturated carbocycles. The molecule has 1 aliphatic rings. The number of para-hydroxylation sites is 1. The summed E-state index contributed by atoms with van der Waals surface area (Å²) in [6.07, 6.45) is 1.87. The zero-order chi connectivity index (χ0) is 20.2. The summed E-state index contributed by atoms with van der Waals surface area (Å²) < 4.78 is 1.52. The van der Waals surface area contributed by atoms with Gasteiger partial charge in [0.15, 0.2) is 0 Å². The molecule has 1 aliphatic heterocycles. The standard InChI is InChI=1S/C22H26N4OS2/c1-17(2)29-21-20(15-23-26(22(21)27)18-7-4-3-5-8-18)25-12-10-24(11-13-25)16-19-9-6-14-28-19/h3-9,14-15,17H,10-13,16H2,1-2H3. The molecule has 0 atom stereocenters. The highest BCUT2D eigenvalue weighted by Gasteiger charge is 2.23. The molecule has 5 nitrogen and oxygen atoms in total. The topological polar surface area (TPSA) is 41.4 Å². The average molecular weight is 427 g/mol. The third-order valence-corrected chi connectivity index (χ3v) is 6.89. The molecule has 3 heterocycles. The van der Waals surface area contributed by atoms with Crippen LogP contribution in [0.3, 0.4) is 0 Å². The maximum absolute atomic E-state index is 13.3. The van der Waals surface area contributed by atoms with Crippen molar-refractivity contribution in [3.63, 3.8) is 0 Å². The summed E-state index contributed by atoms with van der Waals surface area (Å²) >= 11 is 3.44. The predicted octanol–water partition coefficient (Wildman–Crippen LogP) is 4.12. The number of nitrogens with zero attached hydrogens (tertiary/aromatic N) is 4. The zero-order valence-corrected chi connectivity index (χ0v) is 18.5. The van der Waals surface area contributed by atoms with Crippen LogP contribution >= 0.6 is 23.1 Å². The van der Waals surface area contributed by atoms with E-state index in [2.05, 4.69) is 46.3 Å². The van der Waals surface area contributed by atoms with Crippen molar-refractivity contribution in [2.75, 3.05) is 31.1 Å². The molecule has 0 N–H and O–H groups in total. The van der Waals surface area contributed by atoms with E-state index in [-0.39, 0.29) is 5.56 Å². The molecule has 1 aromatic carbocycles. The van der Waals surface area contributed by atoms with Crippen LogP contribution in [0.1, 0.15) is 18.7 Å². The zero-order valence-electron chi connectivity index (χ0n) is 16.8. The normalized spacial score (nSPS) is 15.2. The number of aromatic nitrogens is 2. The van der Waals surface area contributed by atoms with Gasteiger partial charge in [0, 0.05) is 42.9 Å². The van der Waals surface area contributed by atoms with Gasteiger partial charge in [-0.15, -0.1) is 23.1 Å². The highest BCUT2D eigenvalue weighted by Crippen LogP contribution is 2.30. The van der Waals surface area contributed by atoms with Crippen molar-refractivity contribution in [1.82, 2.24) is 14.7 Å². The van der Waals surface area contributed by atoms with Gasteiger partial charge in [-0.2, -0.15) is 9.78 Å². The van der Waals surface area contributed by atoms with E-state index >= 15 is 0 Å². The van der Waals surface area contributed by atoms with Crippen LogP contribution in [0.2, 0.25) is 0 Å². The molecule has 0 aliphatic carbocycles. The van der Waals surface area contributed by atoms with Crippen LogP contribution in [0, 0.1) is 0 Å². The van der Waals surface area contributed by atoms with E-state index in [1.165, 1.54) is 9.56 Å². The number of hydrogen-bond donors (Lipinski definition) is 0. The second-order valence-electron chi connectivity index (χ2n) is 7.42. The third-order valence-electron chi connectivity index (χ3n) is 4.94. The fourth-order valence-corrected chi connectivity index (χ4v) is 5.23. The van der Waals surface area contributed by atoms with Crippen LogP contribution < -0.4 is 10.5 Å². The largest absolute Gasteiger partial charge is 0.367 e. The third kappa shape index (κ3) is 4.74. The molecular weight excluding hydrogens is 400 g/mol. The van der Waals surface area contributed by atoms with Crippen molar-refractivity contribution in [1.29, 1.82) is 0 Å². The first-order valence-electron chi connectivity index (χ1n) is 9.96. The minimum Gasteiger partial charge on any atom is -0.367 e. The summed E-state index contributed by atoms with van der Waals surface area (Å²) in [6, 6.07) is 13.9. The number of anilines is 1. The predicted molar refractivity (Wildman–Crippen MR) is 123 cm³/mol. The first-order chi connectivity index (χ1) is 14.1. The van der Waals surface area contributed by atoms with E-state index in [4.69, 9.17) is 0 Å². The fourth-order valence-electron chi connectivity index (χ4n) is 3.52. The lowest BCUT2D eigenvalue weighted by Crippen LogP contribution is -2.46. The fraction of sp³-hybridized carbons (Fsp3) is 0.364. The lowest BCUT2D eigenvalue weighted by atomic mass is 10.2. The Hall–Kier alpha value is -2.09. The minimum atomic E-state index is -0.0339. The van der Waals surface area contributed by atoms with Crippen LogP contribution in [0.4, 0.5) is 5.69 Å². The Balaban J connectivity index is 1.57. The van der Waals surface area contributed by atoms with Gasteiger partial charge in [-0.1, -0.05) is 38.1 Å². The molecule has 4 rings (SSSR count). The highest BCUT2D eigenvalue weighted by molar-refractivity contribution is 8.00. The Morgan fingerprint density at radius 1 is 1.07 bits per heavy atom. The Morgan fingerprint density at radius 2 is 1.83 bits per heavy atom. The van der Waals surface area contributed by atoms with Crippen molar-refractivity contribution < 1.29 is 0 Å². The van der Waals surface area contributed by atoms with Gasteiger partial charge < -0.3 is 4.90 Å². The van der Waals surface area contributed by atoms with E-state index in [9.17, 15) is 4.79 Å². The molecule has 0 unspecified atom stereocenters. The van der Waals surface area contributed by atoms with E-state index in [1.54, 1.807) is 11.8 Å². The Morgan fingerprint density at radius 3 is 2.48 bits per heavy atom. The number of rotatable bonds is 6. The Kier molecular flexibility index (Phi) is 6.37. The van der Waals surface area contributed by atoms with Crippen LogP contribution in [0.25, 0.3) is 5.69 Å². The van der Waals surface area contributed by atoms with Gasteiger partial charge in [0.25, 0.3) is 5.56 Å². The molecule has 7 heteroatoms. The quantitative estimate of drug-likeness (QED) is 0.555. The van der Waals surface area contributed by atoms with Crippen molar-refractivity contribution in [3.05, 3.63) is 69.3 Å². The number of thiophene rings is 1. The summed E-state index contributed by atoms with van der Waals surface area (Å²) in [5, 5.41) is 6.97. The van der Waals surface area contributed by atoms with Crippen molar-refractivity contribution >= 4 is 28.8 Å². The number of benzene rings is 1. The smallest absolute Gasteiger partial charge is 0.287 e.